The van der Waals surface area contributed by atoms with Gasteiger partial charge in [-0.05, 0) is 61.6 Å². The van der Waals surface area contributed by atoms with Gasteiger partial charge in [0, 0.05) is 0 Å². The predicted octanol–water partition coefficient (Wildman–Crippen LogP) is 3.45. The van der Waals surface area contributed by atoms with Crippen molar-refractivity contribution in [2.24, 2.45) is 5.41 Å². The smallest absolute Gasteiger partial charge is 0.312 e. The molecule has 0 bridgehead atoms. The van der Waals surface area contributed by atoms with Crippen LogP contribution in [0, 0.1) is 5.41 Å². The second-order valence-electron chi connectivity index (χ2n) is 6.11. The number of esters is 1. The van der Waals surface area contributed by atoms with E-state index in [0.29, 0.717) is 0 Å². The summed E-state index contributed by atoms with van der Waals surface area (Å²) in [6.07, 6.45) is 9.02. The van der Waals surface area contributed by atoms with Gasteiger partial charge in [-0.1, -0.05) is 24.6 Å². The summed E-state index contributed by atoms with van der Waals surface area (Å²) in [5.74, 6) is -0.0172. The molecule has 1 aromatic carbocycles. The van der Waals surface area contributed by atoms with E-state index in [1.165, 1.54) is 49.5 Å². The lowest BCUT2D eigenvalue weighted by Gasteiger charge is -2.39. The lowest BCUT2D eigenvalue weighted by atomic mass is 9.65. The van der Waals surface area contributed by atoms with Gasteiger partial charge in [0.2, 0.25) is 0 Å². The summed E-state index contributed by atoms with van der Waals surface area (Å²) in [6, 6.07) is 6.82. The van der Waals surface area contributed by atoms with E-state index in [2.05, 4.69) is 18.2 Å². The molecule has 19 heavy (non-hydrogen) atoms. The molecular formula is C17H22O2. The highest BCUT2D eigenvalue weighted by molar-refractivity contribution is 5.78. The molecule has 0 saturated heterocycles. The van der Waals surface area contributed by atoms with Crippen LogP contribution in [0.15, 0.2) is 18.2 Å². The topological polar surface area (TPSA) is 26.3 Å². The van der Waals surface area contributed by atoms with Gasteiger partial charge in [-0.25, -0.2) is 0 Å². The van der Waals surface area contributed by atoms with Crippen molar-refractivity contribution in [1.29, 1.82) is 0 Å². The minimum absolute atomic E-state index is 0.0172. The molecule has 0 aliphatic heterocycles. The molecule has 0 spiro atoms. The van der Waals surface area contributed by atoms with Crippen LogP contribution in [0.3, 0.4) is 0 Å². The number of aryl methyl sites for hydroxylation is 2. The normalized spacial score (nSPS) is 20.3. The third-order valence-corrected chi connectivity index (χ3v) is 4.88. The zero-order chi connectivity index (χ0) is 13.3. The average Bonchev–Trinajstić information content (AvgIpc) is 2.42. The number of methoxy groups -OCH3 is 1. The molecular weight excluding hydrogens is 236 g/mol. The Bertz CT molecular complexity index is 486. The maximum Gasteiger partial charge on any atom is 0.312 e. The number of benzene rings is 1. The van der Waals surface area contributed by atoms with E-state index in [0.717, 1.165) is 25.7 Å². The molecule has 3 rings (SSSR count). The van der Waals surface area contributed by atoms with Crippen molar-refractivity contribution in [3.8, 4) is 0 Å². The van der Waals surface area contributed by atoms with Crippen molar-refractivity contribution < 1.29 is 9.53 Å². The standard InChI is InChI=1S/C17H22O2/c1-19-16(18)17(9-4-10-17)12-13-7-8-14-5-2-3-6-15(14)11-13/h7-8,11H,2-6,9-10,12H2,1H3. The van der Waals surface area contributed by atoms with Gasteiger partial charge in [0.1, 0.15) is 0 Å². The van der Waals surface area contributed by atoms with Crippen molar-refractivity contribution >= 4 is 5.97 Å². The van der Waals surface area contributed by atoms with Crippen LogP contribution in [0.2, 0.25) is 0 Å². The van der Waals surface area contributed by atoms with E-state index in [1.54, 1.807) is 0 Å². The Hall–Kier alpha value is -1.31. The molecule has 0 amide bonds. The zero-order valence-corrected chi connectivity index (χ0v) is 11.7. The Balaban J connectivity index is 1.81. The first-order chi connectivity index (χ1) is 9.23. The SMILES string of the molecule is COC(=O)C1(Cc2ccc3c(c2)CCCC3)CCC1. The van der Waals surface area contributed by atoms with Crippen LogP contribution in [-0.2, 0) is 28.8 Å². The first-order valence-corrected chi connectivity index (χ1v) is 7.43. The number of rotatable bonds is 3. The molecule has 1 fully saturated rings. The number of carbonyl (C=O) groups excluding carboxylic acids is 1. The second-order valence-corrected chi connectivity index (χ2v) is 6.11. The van der Waals surface area contributed by atoms with Gasteiger partial charge in [0.25, 0.3) is 0 Å². The van der Waals surface area contributed by atoms with E-state index in [4.69, 9.17) is 4.74 Å². The third kappa shape index (κ3) is 2.29. The maximum atomic E-state index is 12.0. The summed E-state index contributed by atoms with van der Waals surface area (Å²) >= 11 is 0. The Morgan fingerprint density at radius 2 is 1.89 bits per heavy atom. The number of carbonyl (C=O) groups is 1. The minimum Gasteiger partial charge on any atom is -0.469 e. The zero-order valence-electron chi connectivity index (χ0n) is 11.7. The van der Waals surface area contributed by atoms with E-state index < -0.39 is 0 Å². The Labute approximate surface area is 115 Å². The van der Waals surface area contributed by atoms with Crippen LogP contribution < -0.4 is 0 Å². The second kappa shape index (κ2) is 4.99. The van der Waals surface area contributed by atoms with E-state index in [1.807, 2.05) is 0 Å². The fourth-order valence-corrected chi connectivity index (χ4v) is 3.56. The minimum atomic E-state index is -0.225. The molecule has 0 N–H and O–H groups in total. The van der Waals surface area contributed by atoms with Crippen molar-refractivity contribution in [2.45, 2.75) is 51.4 Å². The summed E-state index contributed by atoms with van der Waals surface area (Å²) in [4.78, 5) is 12.0. The quantitative estimate of drug-likeness (QED) is 0.776. The van der Waals surface area contributed by atoms with Crippen LogP contribution in [0.4, 0.5) is 0 Å². The fourth-order valence-electron chi connectivity index (χ4n) is 3.56. The molecule has 2 nitrogen and oxygen atoms in total. The van der Waals surface area contributed by atoms with Crippen molar-refractivity contribution in [3.63, 3.8) is 0 Å². The van der Waals surface area contributed by atoms with Crippen LogP contribution in [0.1, 0.15) is 48.8 Å². The first kappa shape index (κ1) is 12.7. The Kier molecular flexibility index (Phi) is 3.34. The molecule has 0 heterocycles. The van der Waals surface area contributed by atoms with E-state index in [-0.39, 0.29) is 11.4 Å². The summed E-state index contributed by atoms with van der Waals surface area (Å²) in [7, 11) is 1.51. The first-order valence-electron chi connectivity index (χ1n) is 7.43. The summed E-state index contributed by atoms with van der Waals surface area (Å²) in [6.45, 7) is 0. The summed E-state index contributed by atoms with van der Waals surface area (Å²) in [5, 5.41) is 0. The molecule has 1 aromatic rings. The highest BCUT2D eigenvalue weighted by Crippen LogP contribution is 2.45. The van der Waals surface area contributed by atoms with Gasteiger partial charge >= 0.3 is 5.97 Å². The monoisotopic (exact) mass is 258 g/mol. The molecule has 1 saturated carbocycles. The molecule has 2 aliphatic carbocycles. The van der Waals surface area contributed by atoms with Crippen LogP contribution in [-0.4, -0.2) is 13.1 Å². The van der Waals surface area contributed by atoms with Crippen LogP contribution in [0.25, 0.3) is 0 Å². The third-order valence-electron chi connectivity index (χ3n) is 4.88. The fraction of sp³-hybridized carbons (Fsp3) is 0.588. The van der Waals surface area contributed by atoms with Crippen LogP contribution in [0.5, 0.6) is 0 Å². The summed E-state index contributed by atoms with van der Waals surface area (Å²) < 4.78 is 5.00. The molecule has 0 aromatic heterocycles. The maximum absolute atomic E-state index is 12.0. The molecule has 2 heteroatoms. The Morgan fingerprint density at radius 3 is 2.53 bits per heavy atom. The summed E-state index contributed by atoms with van der Waals surface area (Å²) in [5.41, 5.74) is 4.10. The van der Waals surface area contributed by atoms with Gasteiger partial charge in [-0.2, -0.15) is 0 Å². The van der Waals surface area contributed by atoms with E-state index in [9.17, 15) is 4.79 Å². The largest absolute Gasteiger partial charge is 0.469 e. The highest BCUT2D eigenvalue weighted by atomic mass is 16.5. The van der Waals surface area contributed by atoms with Gasteiger partial charge in [0.15, 0.2) is 0 Å². The molecule has 0 radical (unpaired) electrons. The van der Waals surface area contributed by atoms with Gasteiger partial charge < -0.3 is 4.74 Å². The lowest BCUT2D eigenvalue weighted by Crippen LogP contribution is -2.40. The molecule has 2 aliphatic rings. The lowest BCUT2D eigenvalue weighted by molar-refractivity contribution is -0.158. The number of ether oxygens (including phenoxy) is 1. The molecule has 0 atom stereocenters. The van der Waals surface area contributed by atoms with Gasteiger partial charge in [0.05, 0.1) is 12.5 Å². The van der Waals surface area contributed by atoms with Crippen LogP contribution >= 0.6 is 0 Å². The van der Waals surface area contributed by atoms with Crippen molar-refractivity contribution in [2.75, 3.05) is 7.11 Å². The number of hydrogen-bond donors (Lipinski definition) is 0. The predicted molar refractivity (Wildman–Crippen MR) is 75.1 cm³/mol. The number of hydrogen-bond acceptors (Lipinski definition) is 2. The highest BCUT2D eigenvalue weighted by Gasteiger charge is 2.45. The Morgan fingerprint density at radius 1 is 1.16 bits per heavy atom. The molecule has 0 unspecified atom stereocenters. The van der Waals surface area contributed by atoms with Crippen molar-refractivity contribution in [3.05, 3.63) is 34.9 Å². The number of fused-ring (bicyclic) bond motifs is 1. The average molecular weight is 258 g/mol. The van der Waals surface area contributed by atoms with E-state index >= 15 is 0 Å². The van der Waals surface area contributed by atoms with Gasteiger partial charge in [-0.3, -0.25) is 4.79 Å². The van der Waals surface area contributed by atoms with Crippen molar-refractivity contribution in [1.82, 2.24) is 0 Å². The van der Waals surface area contributed by atoms with Gasteiger partial charge in [-0.15, -0.1) is 0 Å². The molecule has 102 valence electrons.